The number of nitrogens with zero attached hydrogens (tertiary/aromatic N) is 6. The number of aliphatic hydroxyl groups excluding tert-OH is 1. The standard InChI is InChI=1S/C24H22N8O2/c1-14(2)24(33)30-17-4-6-19-18(9-17)23(26-11-25-19)29-16-5-7-20(15(3)8-16)34-22-10-21-31-28-13-32(21)12-27-22/h4-13,24,30,33H,1H2,2-3H3,(H,25,26,29). The molecule has 3 heterocycles. The Morgan fingerprint density at radius 3 is 2.74 bits per heavy atom. The normalized spacial score (nSPS) is 12.0. The van der Waals surface area contributed by atoms with Gasteiger partial charge in [-0.3, -0.25) is 4.40 Å². The zero-order valence-corrected chi connectivity index (χ0v) is 18.6. The predicted octanol–water partition coefficient (Wildman–Crippen LogP) is 4.22. The van der Waals surface area contributed by atoms with Gasteiger partial charge in [-0.05, 0) is 61.4 Å². The number of hydrogen-bond donors (Lipinski definition) is 3. The van der Waals surface area contributed by atoms with Gasteiger partial charge in [0.25, 0.3) is 0 Å². The molecule has 10 heteroatoms. The summed E-state index contributed by atoms with van der Waals surface area (Å²) >= 11 is 0. The molecule has 170 valence electrons. The lowest BCUT2D eigenvalue weighted by Crippen LogP contribution is -2.19. The fraction of sp³-hybridized carbons (Fsp3) is 0.125. The number of benzene rings is 2. The maximum atomic E-state index is 10.1. The van der Waals surface area contributed by atoms with Crippen LogP contribution in [0.15, 0.2) is 73.6 Å². The average Bonchev–Trinajstić information content (AvgIpc) is 3.29. The molecule has 2 aromatic carbocycles. The largest absolute Gasteiger partial charge is 0.439 e. The van der Waals surface area contributed by atoms with Crippen LogP contribution in [-0.4, -0.2) is 40.9 Å². The highest BCUT2D eigenvalue weighted by atomic mass is 16.5. The first-order chi connectivity index (χ1) is 16.5. The molecule has 1 unspecified atom stereocenters. The summed E-state index contributed by atoms with van der Waals surface area (Å²) in [5.41, 5.74) is 4.54. The van der Waals surface area contributed by atoms with Gasteiger partial charge in [-0.1, -0.05) is 6.58 Å². The maximum Gasteiger partial charge on any atom is 0.224 e. The number of anilines is 3. The molecule has 0 saturated heterocycles. The van der Waals surface area contributed by atoms with Crippen LogP contribution < -0.4 is 15.4 Å². The molecule has 0 fully saturated rings. The van der Waals surface area contributed by atoms with E-state index in [2.05, 4.69) is 42.4 Å². The van der Waals surface area contributed by atoms with Crippen LogP contribution in [0.1, 0.15) is 12.5 Å². The highest BCUT2D eigenvalue weighted by Crippen LogP contribution is 2.30. The molecule has 0 aliphatic rings. The Balaban J connectivity index is 1.38. The van der Waals surface area contributed by atoms with E-state index in [9.17, 15) is 5.11 Å². The summed E-state index contributed by atoms with van der Waals surface area (Å²) in [6.45, 7) is 7.48. The summed E-state index contributed by atoms with van der Waals surface area (Å²) in [7, 11) is 0. The monoisotopic (exact) mass is 454 g/mol. The summed E-state index contributed by atoms with van der Waals surface area (Å²) in [4.78, 5) is 13.0. The van der Waals surface area contributed by atoms with Crippen molar-refractivity contribution in [3.63, 3.8) is 0 Å². The van der Waals surface area contributed by atoms with Gasteiger partial charge in [0.1, 0.15) is 36.8 Å². The fourth-order valence-electron chi connectivity index (χ4n) is 3.38. The molecular formula is C24H22N8O2. The zero-order valence-electron chi connectivity index (χ0n) is 18.6. The second kappa shape index (κ2) is 8.75. The molecular weight excluding hydrogens is 432 g/mol. The Bertz CT molecular complexity index is 1510. The number of hydrogen-bond acceptors (Lipinski definition) is 9. The Labute approximate surface area is 195 Å². The predicted molar refractivity (Wildman–Crippen MR) is 129 cm³/mol. The molecule has 10 nitrogen and oxygen atoms in total. The quantitative estimate of drug-likeness (QED) is 0.245. The van der Waals surface area contributed by atoms with Crippen LogP contribution in [-0.2, 0) is 0 Å². The minimum atomic E-state index is -0.839. The van der Waals surface area contributed by atoms with Crippen molar-refractivity contribution < 1.29 is 9.84 Å². The summed E-state index contributed by atoms with van der Waals surface area (Å²) in [5, 5.41) is 25.1. The second-order valence-electron chi connectivity index (χ2n) is 7.88. The molecule has 5 aromatic rings. The van der Waals surface area contributed by atoms with Crippen molar-refractivity contribution in [3.05, 3.63) is 79.2 Å². The lowest BCUT2D eigenvalue weighted by molar-refractivity contribution is 0.240. The van der Waals surface area contributed by atoms with Gasteiger partial charge < -0.3 is 20.5 Å². The molecule has 0 bridgehead atoms. The third-order valence-electron chi connectivity index (χ3n) is 5.22. The van der Waals surface area contributed by atoms with Crippen molar-refractivity contribution in [2.45, 2.75) is 20.1 Å². The highest BCUT2D eigenvalue weighted by Gasteiger charge is 2.10. The summed E-state index contributed by atoms with van der Waals surface area (Å²) in [6.07, 6.45) is 3.86. The molecule has 3 aromatic heterocycles. The van der Waals surface area contributed by atoms with Crippen LogP contribution in [0.5, 0.6) is 11.6 Å². The van der Waals surface area contributed by atoms with Crippen molar-refractivity contribution >= 4 is 33.7 Å². The number of aliphatic hydroxyl groups is 1. The molecule has 3 N–H and O–H groups in total. The van der Waals surface area contributed by atoms with E-state index in [1.54, 1.807) is 30.0 Å². The van der Waals surface area contributed by atoms with E-state index in [1.807, 2.05) is 43.3 Å². The minimum absolute atomic E-state index is 0.433. The Hall–Kier alpha value is -4.57. The Morgan fingerprint density at radius 1 is 1.06 bits per heavy atom. The van der Waals surface area contributed by atoms with E-state index < -0.39 is 6.23 Å². The lowest BCUT2D eigenvalue weighted by Gasteiger charge is -2.15. The van der Waals surface area contributed by atoms with E-state index in [1.165, 1.54) is 6.33 Å². The van der Waals surface area contributed by atoms with Crippen molar-refractivity contribution in [1.29, 1.82) is 0 Å². The van der Waals surface area contributed by atoms with Gasteiger partial charge in [0.05, 0.1) is 5.52 Å². The zero-order chi connectivity index (χ0) is 23.7. The van der Waals surface area contributed by atoms with Crippen molar-refractivity contribution in [2.24, 2.45) is 0 Å². The lowest BCUT2D eigenvalue weighted by atomic mass is 10.1. The number of aryl methyl sites for hydroxylation is 1. The first-order valence-corrected chi connectivity index (χ1v) is 10.5. The SMILES string of the molecule is C=C(C)C(O)Nc1ccc2ncnc(Nc3ccc(Oc4cc5nncn5cn4)c(C)c3)c2c1. The summed E-state index contributed by atoms with van der Waals surface area (Å²) < 4.78 is 7.66. The molecule has 0 radical (unpaired) electrons. The van der Waals surface area contributed by atoms with Gasteiger partial charge in [-0.15, -0.1) is 10.2 Å². The highest BCUT2D eigenvalue weighted by molar-refractivity contribution is 5.93. The van der Waals surface area contributed by atoms with Crippen LogP contribution in [0.3, 0.4) is 0 Å². The third kappa shape index (κ3) is 4.34. The number of aromatic nitrogens is 6. The summed E-state index contributed by atoms with van der Waals surface area (Å²) in [5.74, 6) is 1.75. The van der Waals surface area contributed by atoms with Gasteiger partial charge in [0.2, 0.25) is 5.88 Å². The molecule has 0 spiro atoms. The third-order valence-corrected chi connectivity index (χ3v) is 5.22. The Morgan fingerprint density at radius 2 is 1.91 bits per heavy atom. The topological polar surface area (TPSA) is 122 Å². The first kappa shape index (κ1) is 21.3. The van der Waals surface area contributed by atoms with E-state index in [4.69, 9.17) is 4.74 Å². The van der Waals surface area contributed by atoms with E-state index >= 15 is 0 Å². The van der Waals surface area contributed by atoms with Crippen LogP contribution >= 0.6 is 0 Å². The maximum absolute atomic E-state index is 10.1. The molecule has 1 atom stereocenters. The number of rotatable bonds is 7. The number of ether oxygens (including phenoxy) is 1. The van der Waals surface area contributed by atoms with Gasteiger partial charge in [-0.2, -0.15) is 0 Å². The molecule has 5 rings (SSSR count). The van der Waals surface area contributed by atoms with Gasteiger partial charge in [-0.25, -0.2) is 15.0 Å². The van der Waals surface area contributed by atoms with Crippen LogP contribution in [0, 0.1) is 6.92 Å². The average molecular weight is 454 g/mol. The Kier molecular flexibility index (Phi) is 5.48. The van der Waals surface area contributed by atoms with Gasteiger partial charge in [0, 0.05) is 22.8 Å². The molecule has 0 saturated carbocycles. The molecule has 0 aliphatic carbocycles. The molecule has 0 amide bonds. The van der Waals surface area contributed by atoms with Crippen molar-refractivity contribution in [3.8, 4) is 11.6 Å². The first-order valence-electron chi connectivity index (χ1n) is 10.5. The van der Waals surface area contributed by atoms with Crippen LogP contribution in [0.25, 0.3) is 16.6 Å². The van der Waals surface area contributed by atoms with E-state index in [0.717, 1.165) is 27.8 Å². The molecule has 34 heavy (non-hydrogen) atoms. The molecule has 0 aliphatic heterocycles. The smallest absolute Gasteiger partial charge is 0.224 e. The minimum Gasteiger partial charge on any atom is -0.439 e. The number of nitrogens with one attached hydrogen (secondary N) is 2. The van der Waals surface area contributed by atoms with Gasteiger partial charge >= 0.3 is 0 Å². The number of fused-ring (bicyclic) bond motifs is 2. The van der Waals surface area contributed by atoms with E-state index in [0.29, 0.717) is 28.7 Å². The van der Waals surface area contributed by atoms with E-state index in [-0.39, 0.29) is 0 Å². The van der Waals surface area contributed by atoms with Gasteiger partial charge in [0.15, 0.2) is 5.65 Å². The van der Waals surface area contributed by atoms with Crippen molar-refractivity contribution in [2.75, 3.05) is 10.6 Å². The summed E-state index contributed by atoms with van der Waals surface area (Å²) in [6, 6.07) is 13.1. The van der Waals surface area contributed by atoms with Crippen LogP contribution in [0.2, 0.25) is 0 Å². The second-order valence-corrected chi connectivity index (χ2v) is 7.88. The van der Waals surface area contributed by atoms with Crippen molar-refractivity contribution in [1.82, 2.24) is 29.5 Å². The fourth-order valence-corrected chi connectivity index (χ4v) is 3.38. The van der Waals surface area contributed by atoms with Crippen LogP contribution in [0.4, 0.5) is 17.2 Å².